The van der Waals surface area contributed by atoms with E-state index in [2.05, 4.69) is 55.4 Å². The number of esters is 2. The third kappa shape index (κ3) is 15.7. The highest BCUT2D eigenvalue weighted by molar-refractivity contribution is 6.74. The fourth-order valence-electron chi connectivity index (χ4n) is 8.69. The second-order valence-electron chi connectivity index (χ2n) is 17.5. The van der Waals surface area contributed by atoms with E-state index in [0.717, 1.165) is 48.3 Å². The largest absolute Gasteiger partial charge is 0.457 e. The Balaban J connectivity index is 2.40. The van der Waals surface area contributed by atoms with Gasteiger partial charge in [-0.1, -0.05) is 86.6 Å². The number of carbonyl (C=O) groups excluding carboxylic acids is 2. The average Bonchev–Trinajstić information content (AvgIpc) is 3.94. The summed E-state index contributed by atoms with van der Waals surface area (Å²) in [5.74, 6) is -0.799. The Morgan fingerprint density at radius 2 is 1.60 bits per heavy atom. The maximum Gasteiger partial charge on any atom is 0.308 e. The van der Waals surface area contributed by atoms with E-state index in [9.17, 15) is 14.7 Å². The van der Waals surface area contributed by atoms with Crippen LogP contribution >= 0.6 is 0 Å². The van der Waals surface area contributed by atoms with Gasteiger partial charge in [0.25, 0.3) is 0 Å². The van der Waals surface area contributed by atoms with Gasteiger partial charge in [0.05, 0.1) is 30.3 Å². The van der Waals surface area contributed by atoms with E-state index in [0.29, 0.717) is 25.9 Å². The maximum absolute atomic E-state index is 13.9. The van der Waals surface area contributed by atoms with Crippen LogP contribution in [0.5, 0.6) is 0 Å². The monoisotopic (exact) mass is 853 g/mol. The van der Waals surface area contributed by atoms with E-state index in [-0.39, 0.29) is 42.5 Å². The number of allylic oxidation sites excluding steroid dienone is 2. The van der Waals surface area contributed by atoms with Crippen LogP contribution in [0.25, 0.3) is 0 Å². The van der Waals surface area contributed by atoms with E-state index in [1.807, 2.05) is 58.9 Å². The number of ether oxygens (including phenoxy) is 5. The Hall–Kier alpha value is -1.65. The molecule has 0 spiro atoms. The van der Waals surface area contributed by atoms with Gasteiger partial charge in [0, 0.05) is 37.9 Å². The number of cyclic esters (lactones) is 1. The van der Waals surface area contributed by atoms with Gasteiger partial charge in [-0.05, 0) is 102 Å². The minimum Gasteiger partial charge on any atom is -0.457 e. The number of epoxide rings is 1. The number of rotatable bonds is 23. The van der Waals surface area contributed by atoms with Crippen molar-refractivity contribution in [2.24, 2.45) is 11.8 Å². The van der Waals surface area contributed by atoms with Gasteiger partial charge in [-0.25, -0.2) is 0 Å². The van der Waals surface area contributed by atoms with E-state index >= 15 is 0 Å². The van der Waals surface area contributed by atoms with Gasteiger partial charge >= 0.3 is 11.9 Å². The predicted molar refractivity (Wildman–Crippen MR) is 239 cm³/mol. The van der Waals surface area contributed by atoms with Crippen LogP contribution in [0.4, 0.5) is 0 Å². The lowest BCUT2D eigenvalue weighted by molar-refractivity contribution is -0.227. The van der Waals surface area contributed by atoms with Crippen LogP contribution in [0.3, 0.4) is 0 Å². The van der Waals surface area contributed by atoms with Crippen molar-refractivity contribution in [1.29, 1.82) is 0 Å². The van der Waals surface area contributed by atoms with Crippen molar-refractivity contribution in [3.63, 3.8) is 0 Å². The van der Waals surface area contributed by atoms with Gasteiger partial charge in [-0.2, -0.15) is 0 Å². The van der Waals surface area contributed by atoms with E-state index in [1.54, 1.807) is 13.0 Å². The molecule has 1 fully saturated rings. The molecule has 11 atom stereocenters. The number of aliphatic hydroxyl groups is 1. The SMILES string of the molecule is CCO[C@@H](C)O[C@]1(C)CC[C@@H](O[Si](CC)(CC)CC)CC(=O)O[C@H](/C(C)=C/C=C/[C@](C)(O)C[C@H]2O[C@@H]2[C@H](C)[C@H](CC)O[Si](CC)(CC)CC)[C@@H](C)/C=C\[C@@H]1OC(C)=O. The standard InChI is InChI=1S/C46H84O10Si2/c1-16-39(56-58(21-6,22-7)23-8)35(11)44-40(52-44)32-45(14,49)29-24-25-33(9)43-34(10)26-27-41(51-36(12)47)46(15,54-37(13)50-17-2)30-28-38(31-42(48)53-43)55-57(18-3,19-4)20-5/h24-27,29,34-35,37-41,43-44,49H,16-23,28,30-32H2,1-15H3/b27-26-,29-24+,33-25+/t34-,35+,37+,38+,39-,40+,41-,43+,44+,45-,46+/m0/s1. The summed E-state index contributed by atoms with van der Waals surface area (Å²) in [6, 6.07) is 6.17. The molecule has 0 aliphatic carbocycles. The first-order valence-electron chi connectivity index (χ1n) is 22.7. The molecule has 0 bridgehead atoms. The molecule has 0 unspecified atom stereocenters. The molecule has 2 aliphatic heterocycles. The lowest BCUT2D eigenvalue weighted by Gasteiger charge is -2.40. The van der Waals surface area contributed by atoms with Crippen LogP contribution < -0.4 is 0 Å². The Bertz CT molecular complexity index is 1320. The van der Waals surface area contributed by atoms with E-state index < -0.39 is 58.4 Å². The highest BCUT2D eigenvalue weighted by atomic mass is 28.4. The summed E-state index contributed by atoms with van der Waals surface area (Å²) < 4.78 is 44.6. The van der Waals surface area contributed by atoms with Crippen molar-refractivity contribution in [2.45, 2.75) is 226 Å². The fraction of sp³-hybridized carbons (Fsp3) is 0.826. The zero-order chi connectivity index (χ0) is 43.9. The first kappa shape index (κ1) is 52.5. The van der Waals surface area contributed by atoms with Crippen molar-refractivity contribution < 1.29 is 47.2 Å². The van der Waals surface area contributed by atoms with Crippen molar-refractivity contribution in [1.82, 2.24) is 0 Å². The van der Waals surface area contributed by atoms with Crippen LogP contribution in [0.2, 0.25) is 36.3 Å². The van der Waals surface area contributed by atoms with Crippen LogP contribution in [0.15, 0.2) is 36.0 Å². The van der Waals surface area contributed by atoms with Crippen molar-refractivity contribution in [3.8, 4) is 0 Å². The molecule has 0 amide bonds. The molecule has 12 heteroatoms. The third-order valence-corrected chi connectivity index (χ3v) is 22.5. The minimum absolute atomic E-state index is 0.0443. The van der Waals surface area contributed by atoms with Gasteiger partial charge in [-0.3, -0.25) is 9.59 Å². The topological polar surface area (TPSA) is 122 Å². The molecule has 58 heavy (non-hydrogen) atoms. The normalized spacial score (nSPS) is 29.7. The van der Waals surface area contributed by atoms with Crippen molar-refractivity contribution >= 4 is 28.6 Å². The van der Waals surface area contributed by atoms with Crippen LogP contribution in [-0.4, -0.2) is 94.4 Å². The molecule has 0 radical (unpaired) electrons. The molecule has 0 aromatic carbocycles. The van der Waals surface area contributed by atoms with Gasteiger partial charge in [0.2, 0.25) is 0 Å². The second-order valence-corrected chi connectivity index (χ2v) is 26.9. The first-order valence-corrected chi connectivity index (χ1v) is 27.7. The summed E-state index contributed by atoms with van der Waals surface area (Å²) in [5, 5.41) is 11.5. The zero-order valence-corrected chi connectivity index (χ0v) is 41.2. The summed E-state index contributed by atoms with van der Waals surface area (Å²) in [6.45, 7) is 31.0. The van der Waals surface area contributed by atoms with Gasteiger partial charge < -0.3 is 37.6 Å². The third-order valence-electron chi connectivity index (χ3n) is 13.1. The van der Waals surface area contributed by atoms with Crippen LogP contribution in [0, 0.1) is 11.8 Å². The van der Waals surface area contributed by atoms with Crippen LogP contribution in [0.1, 0.15) is 136 Å². The number of carbonyl (C=O) groups is 2. The molecule has 10 nitrogen and oxygen atoms in total. The molecule has 336 valence electrons. The molecule has 0 saturated carbocycles. The highest BCUT2D eigenvalue weighted by Crippen LogP contribution is 2.40. The molecule has 0 aromatic rings. The quantitative estimate of drug-likeness (QED) is 0.0265. The lowest BCUT2D eigenvalue weighted by atomic mass is 9.88. The highest BCUT2D eigenvalue weighted by Gasteiger charge is 2.49. The Morgan fingerprint density at radius 1 is 1.00 bits per heavy atom. The summed E-state index contributed by atoms with van der Waals surface area (Å²) >= 11 is 0. The Kier molecular flexibility index (Phi) is 21.8. The predicted octanol–water partition coefficient (Wildman–Crippen LogP) is 10.6. The average molecular weight is 853 g/mol. The summed E-state index contributed by atoms with van der Waals surface area (Å²) in [4.78, 5) is 26.4. The molecule has 0 aromatic heterocycles. The smallest absolute Gasteiger partial charge is 0.308 e. The molecule has 2 aliphatic rings. The Morgan fingerprint density at radius 3 is 2.14 bits per heavy atom. The summed E-state index contributed by atoms with van der Waals surface area (Å²) in [6.07, 6.45) is 9.67. The van der Waals surface area contributed by atoms with Gasteiger partial charge in [0.15, 0.2) is 22.9 Å². The van der Waals surface area contributed by atoms with Gasteiger partial charge in [-0.15, -0.1) is 0 Å². The summed E-state index contributed by atoms with van der Waals surface area (Å²) in [5.41, 5.74) is -1.27. The summed E-state index contributed by atoms with van der Waals surface area (Å²) in [7, 11) is -3.87. The zero-order valence-electron chi connectivity index (χ0n) is 39.2. The Labute approximate surface area is 355 Å². The second kappa shape index (κ2) is 24.1. The molecule has 2 heterocycles. The van der Waals surface area contributed by atoms with Crippen molar-refractivity contribution in [3.05, 3.63) is 36.0 Å². The number of hydrogen-bond acceptors (Lipinski definition) is 10. The number of hydrogen-bond donors (Lipinski definition) is 1. The molecular weight excluding hydrogens is 769 g/mol. The fourth-order valence-corrected chi connectivity index (χ4v) is 14.6. The molecular formula is C46H84O10Si2. The van der Waals surface area contributed by atoms with Crippen LogP contribution in [-0.2, 0) is 42.1 Å². The molecule has 2 rings (SSSR count). The van der Waals surface area contributed by atoms with E-state index in [1.165, 1.54) is 6.92 Å². The van der Waals surface area contributed by atoms with Crippen molar-refractivity contribution in [2.75, 3.05) is 6.61 Å². The van der Waals surface area contributed by atoms with E-state index in [4.69, 9.17) is 32.5 Å². The van der Waals surface area contributed by atoms with Gasteiger partial charge in [0.1, 0.15) is 17.8 Å². The lowest BCUT2D eigenvalue weighted by Crippen LogP contribution is -2.48. The minimum atomic E-state index is -2.12. The molecule has 1 saturated heterocycles. The molecule has 1 N–H and O–H groups in total. The maximum atomic E-state index is 13.9. The first-order chi connectivity index (χ1) is 27.2.